The van der Waals surface area contributed by atoms with Gasteiger partial charge in [0.05, 0.1) is 0 Å². The van der Waals surface area contributed by atoms with Crippen LogP contribution in [0.2, 0.25) is 0 Å². The molecule has 196 valence electrons. The number of quaternary nitrogens is 1. The van der Waals surface area contributed by atoms with E-state index in [1.165, 1.54) is 24.3 Å². The van der Waals surface area contributed by atoms with Crippen molar-refractivity contribution in [3.05, 3.63) is 66.4 Å². The van der Waals surface area contributed by atoms with E-state index in [1.54, 1.807) is 12.3 Å². The molecular formula is C23H26N6NaO7S+. The number of aromatic amines is 1. The number of hydrogen-bond donors (Lipinski definition) is 5. The van der Waals surface area contributed by atoms with Gasteiger partial charge in [-0.2, -0.15) is 12.9 Å². The average molecular weight is 554 g/mol. The van der Waals surface area contributed by atoms with Gasteiger partial charge >= 0.3 is 57.7 Å². The number of H-pyrrole nitrogens is 1. The summed E-state index contributed by atoms with van der Waals surface area (Å²) in [5.74, 6) is -3.04. The Balaban J connectivity index is 0.00000400. The van der Waals surface area contributed by atoms with Crippen LogP contribution in [0, 0.1) is 0 Å². The van der Waals surface area contributed by atoms with Crippen molar-refractivity contribution < 1.29 is 32.1 Å². The summed E-state index contributed by atoms with van der Waals surface area (Å²) in [7, 11) is -4.93. The number of amides is 5. The topological polar surface area (TPSA) is 206 Å². The number of urea groups is 1. The maximum atomic E-state index is 14.1. The molecule has 1 aliphatic heterocycles. The number of imide groups is 1. The minimum atomic E-state index is -4.93. The van der Waals surface area contributed by atoms with E-state index in [1.807, 2.05) is 24.3 Å². The van der Waals surface area contributed by atoms with Crippen LogP contribution >= 0.6 is 0 Å². The number of rotatable bonds is 8. The fourth-order valence-corrected chi connectivity index (χ4v) is 5.29. The molecule has 2 heterocycles. The van der Waals surface area contributed by atoms with Crippen LogP contribution in [0.3, 0.4) is 0 Å². The van der Waals surface area contributed by atoms with E-state index in [9.17, 15) is 32.1 Å². The molecule has 2 unspecified atom stereocenters. The summed E-state index contributed by atoms with van der Waals surface area (Å²) in [4.78, 5) is 55.3. The molecule has 1 aliphatic rings. The standard InChI is InChI=1S/C23H24N6O7S.Na.H/c24-17(10-14-11-26-18-9-5-4-8-16(14)18)22(32)29(15-6-2-1-3-7-15,20(30)12-27-23(25)33)19-13-28(21(19)31)37(34,35)36;;/h1-9,11,17,19,26H,10,12-13,24H2,(H3-,25,27,33,34,35,36);;/p+1/t17-,19?,29?;;/m0../s1. The molecule has 0 spiro atoms. The number of benzene rings is 2. The van der Waals surface area contributed by atoms with Gasteiger partial charge < -0.3 is 21.8 Å². The van der Waals surface area contributed by atoms with Gasteiger partial charge in [0.2, 0.25) is 6.04 Å². The first-order chi connectivity index (χ1) is 17.5. The molecule has 4 rings (SSSR count). The van der Waals surface area contributed by atoms with Crippen LogP contribution < -0.4 is 21.3 Å². The number of carbonyl (C=O) groups excluding carboxylic acids is 4. The Hall–Kier alpha value is -3.11. The monoisotopic (exact) mass is 553 g/mol. The molecule has 5 amide bonds. The molecule has 0 radical (unpaired) electrons. The van der Waals surface area contributed by atoms with Gasteiger partial charge in [0.1, 0.15) is 24.8 Å². The minimum absolute atomic E-state index is 0. The molecule has 13 nitrogen and oxygen atoms in total. The summed E-state index contributed by atoms with van der Waals surface area (Å²) in [6, 6.07) is 10.9. The van der Waals surface area contributed by atoms with E-state index < -0.39 is 63.7 Å². The molecule has 1 aromatic heterocycles. The van der Waals surface area contributed by atoms with E-state index in [4.69, 9.17) is 11.5 Å². The van der Waals surface area contributed by atoms with E-state index in [0.29, 0.717) is 5.56 Å². The number of nitrogens with two attached hydrogens (primary N) is 2. The summed E-state index contributed by atoms with van der Waals surface area (Å²) >= 11 is 0. The van der Waals surface area contributed by atoms with E-state index in [-0.39, 0.29) is 46.0 Å². The average Bonchev–Trinajstić information content (AvgIpc) is 3.26. The number of β-lactam (4-membered cyclic amide) rings is 1. The zero-order chi connectivity index (χ0) is 27.0. The Morgan fingerprint density at radius 1 is 1.13 bits per heavy atom. The van der Waals surface area contributed by atoms with E-state index in [0.717, 1.165) is 10.9 Å². The molecule has 3 aromatic rings. The molecule has 3 atom stereocenters. The van der Waals surface area contributed by atoms with E-state index >= 15 is 0 Å². The quantitative estimate of drug-likeness (QED) is 0.102. The first kappa shape index (κ1) is 29.4. The fraction of sp³-hybridized carbons (Fsp3) is 0.217. The molecule has 15 heteroatoms. The number of aromatic nitrogens is 1. The van der Waals surface area contributed by atoms with Crippen molar-refractivity contribution in [1.29, 1.82) is 0 Å². The van der Waals surface area contributed by atoms with Gasteiger partial charge in [0.25, 0.3) is 5.91 Å². The van der Waals surface area contributed by atoms with Gasteiger partial charge in [-0.25, -0.2) is 18.7 Å². The SMILES string of the molecule is NC(=O)NCC(=O)[N+](C(=O)[C@@H](N)Cc1c[nH]c2ccccc12)(c1ccccc1)C1CN(S(=O)(=O)O)C1=O.[NaH]. The zero-order valence-electron chi connectivity index (χ0n) is 19.4. The summed E-state index contributed by atoms with van der Waals surface area (Å²) in [6.45, 7) is -1.41. The number of nitrogens with zero attached hydrogens (tertiary/aromatic N) is 2. The predicted molar refractivity (Wildman–Crippen MR) is 140 cm³/mol. The van der Waals surface area contributed by atoms with Crippen molar-refractivity contribution in [3.63, 3.8) is 0 Å². The fourth-order valence-electron chi connectivity index (χ4n) is 4.61. The van der Waals surface area contributed by atoms with Crippen molar-refractivity contribution in [1.82, 2.24) is 19.1 Å². The molecule has 1 saturated heterocycles. The number of nitrogens with one attached hydrogen (secondary N) is 2. The number of fused-ring (bicyclic) bond motifs is 1. The Labute approximate surface area is 239 Å². The third-order valence-electron chi connectivity index (χ3n) is 6.37. The van der Waals surface area contributed by atoms with Crippen molar-refractivity contribution in [3.8, 4) is 0 Å². The van der Waals surface area contributed by atoms with Crippen molar-refractivity contribution in [2.75, 3.05) is 13.1 Å². The molecular weight excluding hydrogens is 527 g/mol. The molecule has 1 fully saturated rings. The molecule has 0 bridgehead atoms. The predicted octanol–water partition coefficient (Wildman–Crippen LogP) is -0.868. The van der Waals surface area contributed by atoms with E-state index in [2.05, 4.69) is 10.3 Å². The Morgan fingerprint density at radius 2 is 1.76 bits per heavy atom. The molecule has 0 saturated carbocycles. The Morgan fingerprint density at radius 3 is 2.37 bits per heavy atom. The summed E-state index contributed by atoms with van der Waals surface area (Å²) in [5.41, 5.74) is 13.0. The van der Waals surface area contributed by atoms with Gasteiger partial charge in [-0.05, 0) is 11.6 Å². The van der Waals surface area contributed by atoms with Gasteiger partial charge in [-0.3, -0.25) is 9.35 Å². The van der Waals surface area contributed by atoms with Gasteiger partial charge in [0, 0.05) is 35.7 Å². The third kappa shape index (κ3) is 5.24. The normalized spacial score (nSPS) is 17.6. The zero-order valence-corrected chi connectivity index (χ0v) is 20.2. The first-order valence-corrected chi connectivity index (χ1v) is 12.5. The van der Waals surface area contributed by atoms with Gasteiger partial charge in [-0.1, -0.05) is 36.4 Å². The summed E-state index contributed by atoms with van der Waals surface area (Å²) < 4.78 is 31.5. The number of hydrogen-bond acceptors (Lipinski definition) is 7. The van der Waals surface area contributed by atoms with Crippen molar-refractivity contribution >= 4 is 80.2 Å². The number of carbonyl (C=O) groups is 4. The second-order valence-electron chi connectivity index (χ2n) is 8.54. The molecule has 38 heavy (non-hydrogen) atoms. The van der Waals surface area contributed by atoms with Gasteiger partial charge in [0.15, 0.2) is 0 Å². The van der Waals surface area contributed by atoms with Crippen LogP contribution in [0.5, 0.6) is 0 Å². The van der Waals surface area contributed by atoms with Crippen LogP contribution in [0.25, 0.3) is 10.9 Å². The van der Waals surface area contributed by atoms with Crippen LogP contribution in [-0.2, 0) is 31.1 Å². The third-order valence-corrected chi connectivity index (χ3v) is 7.25. The van der Waals surface area contributed by atoms with Crippen LogP contribution in [0.4, 0.5) is 10.5 Å². The van der Waals surface area contributed by atoms with Crippen LogP contribution in [-0.4, -0.2) is 101 Å². The second kappa shape index (κ2) is 11.3. The summed E-state index contributed by atoms with van der Waals surface area (Å²) in [5, 5.41) is 2.93. The van der Waals surface area contributed by atoms with Crippen molar-refractivity contribution in [2.45, 2.75) is 18.5 Å². The Kier molecular flexibility index (Phi) is 8.78. The van der Waals surface area contributed by atoms with Crippen molar-refractivity contribution in [2.24, 2.45) is 11.5 Å². The molecule has 7 N–H and O–H groups in total. The van der Waals surface area contributed by atoms with Crippen LogP contribution in [0.1, 0.15) is 5.56 Å². The first-order valence-electron chi connectivity index (χ1n) is 11.1. The maximum absolute atomic E-state index is 14.1. The number of para-hydroxylation sites is 2. The Bertz CT molecular complexity index is 1500. The molecule has 2 aromatic carbocycles. The summed E-state index contributed by atoms with van der Waals surface area (Å²) in [6.07, 6.45) is 1.66. The molecule has 0 aliphatic carbocycles. The van der Waals surface area contributed by atoms with Crippen LogP contribution in [0.15, 0.2) is 60.8 Å². The number of primary amides is 1. The second-order valence-corrected chi connectivity index (χ2v) is 9.88. The van der Waals surface area contributed by atoms with Gasteiger partial charge in [-0.15, -0.1) is 0 Å².